The normalized spacial score (nSPS) is 10.9. The quantitative estimate of drug-likeness (QED) is 0.449. The topological polar surface area (TPSA) is 18.5 Å². The van der Waals surface area contributed by atoms with Gasteiger partial charge in [-0.2, -0.15) is 13.2 Å². The van der Waals surface area contributed by atoms with E-state index in [-0.39, 0.29) is 12.5 Å². The first-order valence-electron chi connectivity index (χ1n) is 6.35. The Morgan fingerprint density at radius 3 is 2.62 bits per heavy atom. The standard InChI is InChI=1S/C15H16ClF3O2/c1-12-10-13(4-2-7-16)5-6-14(12)21-9-3-8-20-11-15(17,18)19/h5-6,10H,3,7-9,11H2,1H3. The average molecular weight is 321 g/mol. The van der Waals surface area contributed by atoms with E-state index in [1.54, 1.807) is 6.07 Å². The molecule has 2 nitrogen and oxygen atoms in total. The Balaban J connectivity index is 2.32. The molecule has 1 aromatic carbocycles. The van der Waals surface area contributed by atoms with E-state index in [4.69, 9.17) is 16.3 Å². The Morgan fingerprint density at radius 2 is 2.00 bits per heavy atom. The van der Waals surface area contributed by atoms with E-state index in [9.17, 15) is 13.2 Å². The monoisotopic (exact) mass is 320 g/mol. The first kappa shape index (κ1) is 17.7. The minimum atomic E-state index is -4.28. The van der Waals surface area contributed by atoms with E-state index >= 15 is 0 Å². The zero-order chi connectivity index (χ0) is 15.7. The summed E-state index contributed by atoms with van der Waals surface area (Å²) in [5.74, 6) is 6.61. The number of hydrogen-bond donors (Lipinski definition) is 0. The Hall–Kier alpha value is -1.38. The Morgan fingerprint density at radius 1 is 1.24 bits per heavy atom. The molecular formula is C15H16ClF3O2. The summed E-state index contributed by atoms with van der Waals surface area (Å²) in [4.78, 5) is 0. The van der Waals surface area contributed by atoms with E-state index in [0.29, 0.717) is 18.8 Å². The summed E-state index contributed by atoms with van der Waals surface area (Å²) in [6, 6.07) is 5.46. The lowest BCUT2D eigenvalue weighted by Crippen LogP contribution is -2.18. The largest absolute Gasteiger partial charge is 0.493 e. The van der Waals surface area contributed by atoms with Crippen LogP contribution in [0.3, 0.4) is 0 Å². The molecule has 0 saturated heterocycles. The highest BCUT2D eigenvalue weighted by Crippen LogP contribution is 2.19. The van der Waals surface area contributed by atoms with E-state index in [0.717, 1.165) is 11.1 Å². The predicted octanol–water partition coefficient (Wildman–Crippen LogP) is 3.93. The lowest BCUT2D eigenvalue weighted by Gasteiger charge is -2.10. The van der Waals surface area contributed by atoms with E-state index in [1.165, 1.54) is 0 Å². The van der Waals surface area contributed by atoms with Gasteiger partial charge in [0.05, 0.1) is 19.1 Å². The summed E-state index contributed by atoms with van der Waals surface area (Å²) in [6.45, 7) is 0.963. The predicted molar refractivity (Wildman–Crippen MR) is 75.8 cm³/mol. The molecule has 0 aliphatic carbocycles. The fraction of sp³-hybridized carbons (Fsp3) is 0.467. The maximum Gasteiger partial charge on any atom is 0.411 e. The van der Waals surface area contributed by atoms with Crippen molar-refractivity contribution in [3.8, 4) is 17.6 Å². The minimum Gasteiger partial charge on any atom is -0.493 e. The summed E-state index contributed by atoms with van der Waals surface area (Å²) in [7, 11) is 0. The smallest absolute Gasteiger partial charge is 0.411 e. The van der Waals surface area contributed by atoms with Gasteiger partial charge in [-0.15, -0.1) is 11.6 Å². The highest BCUT2D eigenvalue weighted by molar-refractivity contribution is 6.19. The highest BCUT2D eigenvalue weighted by Gasteiger charge is 2.27. The fourth-order valence-electron chi connectivity index (χ4n) is 1.56. The van der Waals surface area contributed by atoms with Gasteiger partial charge in [0.15, 0.2) is 0 Å². The van der Waals surface area contributed by atoms with Gasteiger partial charge < -0.3 is 9.47 Å². The van der Waals surface area contributed by atoms with Gasteiger partial charge in [-0.3, -0.25) is 0 Å². The molecule has 0 amide bonds. The van der Waals surface area contributed by atoms with Gasteiger partial charge in [0.2, 0.25) is 0 Å². The van der Waals surface area contributed by atoms with E-state index in [2.05, 4.69) is 16.6 Å². The van der Waals surface area contributed by atoms with Crippen LogP contribution in [0.5, 0.6) is 5.75 Å². The van der Waals surface area contributed by atoms with Gasteiger partial charge in [-0.25, -0.2) is 0 Å². The molecule has 0 N–H and O–H groups in total. The van der Waals surface area contributed by atoms with Crippen molar-refractivity contribution in [3.05, 3.63) is 29.3 Å². The van der Waals surface area contributed by atoms with Crippen LogP contribution in [0.25, 0.3) is 0 Å². The van der Waals surface area contributed by atoms with Crippen molar-refractivity contribution in [1.29, 1.82) is 0 Å². The number of ether oxygens (including phenoxy) is 2. The molecule has 116 valence electrons. The summed E-state index contributed by atoms with van der Waals surface area (Å²) in [6.07, 6.45) is -3.89. The van der Waals surface area contributed by atoms with Crippen molar-refractivity contribution in [3.63, 3.8) is 0 Å². The second-order valence-electron chi connectivity index (χ2n) is 4.29. The zero-order valence-electron chi connectivity index (χ0n) is 11.6. The SMILES string of the molecule is Cc1cc(C#CCCl)ccc1OCCCOCC(F)(F)F. The molecule has 0 aliphatic rings. The average Bonchev–Trinajstić information content (AvgIpc) is 2.41. The van der Waals surface area contributed by atoms with Crippen LogP contribution in [-0.4, -0.2) is 31.9 Å². The van der Waals surface area contributed by atoms with E-state index in [1.807, 2.05) is 19.1 Å². The van der Waals surface area contributed by atoms with Crippen LogP contribution in [0.1, 0.15) is 17.5 Å². The second-order valence-corrected chi connectivity index (χ2v) is 4.55. The molecule has 0 fully saturated rings. The number of rotatable bonds is 6. The van der Waals surface area contributed by atoms with Gasteiger partial charge in [0.25, 0.3) is 0 Å². The number of hydrogen-bond acceptors (Lipinski definition) is 2. The van der Waals surface area contributed by atoms with E-state index < -0.39 is 12.8 Å². The van der Waals surface area contributed by atoms with Crippen molar-refractivity contribution in [2.75, 3.05) is 25.7 Å². The molecule has 1 rings (SSSR count). The molecule has 0 saturated carbocycles. The summed E-state index contributed by atoms with van der Waals surface area (Å²) in [5.41, 5.74) is 1.75. The Kier molecular flexibility index (Phi) is 7.41. The first-order chi connectivity index (χ1) is 9.92. The number of aryl methyl sites for hydroxylation is 1. The maximum atomic E-state index is 11.8. The zero-order valence-corrected chi connectivity index (χ0v) is 12.4. The lowest BCUT2D eigenvalue weighted by molar-refractivity contribution is -0.174. The molecule has 21 heavy (non-hydrogen) atoms. The van der Waals surface area contributed by atoms with Crippen LogP contribution in [0.2, 0.25) is 0 Å². The van der Waals surface area contributed by atoms with Crippen LogP contribution in [0.15, 0.2) is 18.2 Å². The molecule has 0 aromatic heterocycles. The summed E-state index contributed by atoms with van der Waals surface area (Å²) >= 11 is 5.48. The Bertz CT molecular complexity index is 504. The molecule has 0 radical (unpaired) electrons. The van der Waals surface area contributed by atoms with Gasteiger partial charge in [0, 0.05) is 12.0 Å². The molecule has 0 unspecified atom stereocenters. The van der Waals surface area contributed by atoms with Crippen LogP contribution in [0, 0.1) is 18.8 Å². The van der Waals surface area contributed by atoms with Gasteiger partial charge in [-0.1, -0.05) is 11.8 Å². The summed E-state index contributed by atoms with van der Waals surface area (Å²) in [5, 5.41) is 0. The molecule has 1 aromatic rings. The molecule has 6 heteroatoms. The van der Waals surface area contributed by atoms with Crippen LogP contribution in [0.4, 0.5) is 13.2 Å². The van der Waals surface area contributed by atoms with Crippen molar-refractivity contribution < 1.29 is 22.6 Å². The van der Waals surface area contributed by atoms with Crippen molar-refractivity contribution in [2.45, 2.75) is 19.5 Å². The molecule has 0 atom stereocenters. The van der Waals surface area contributed by atoms with Crippen LogP contribution in [-0.2, 0) is 4.74 Å². The number of alkyl halides is 4. The van der Waals surface area contributed by atoms with Gasteiger partial charge >= 0.3 is 6.18 Å². The van der Waals surface area contributed by atoms with Gasteiger partial charge in [-0.05, 0) is 30.7 Å². The number of halogens is 4. The lowest BCUT2D eigenvalue weighted by atomic mass is 10.1. The van der Waals surface area contributed by atoms with Crippen LogP contribution < -0.4 is 4.74 Å². The maximum absolute atomic E-state index is 11.8. The van der Waals surface area contributed by atoms with Crippen molar-refractivity contribution in [2.24, 2.45) is 0 Å². The molecule has 0 heterocycles. The minimum absolute atomic E-state index is 0.0117. The third-order valence-corrected chi connectivity index (χ3v) is 2.56. The fourth-order valence-corrected chi connectivity index (χ4v) is 1.62. The molecule has 0 spiro atoms. The first-order valence-corrected chi connectivity index (χ1v) is 6.88. The molecule has 0 bridgehead atoms. The third kappa shape index (κ3) is 7.84. The molecule has 0 aliphatic heterocycles. The third-order valence-electron chi connectivity index (χ3n) is 2.43. The number of benzene rings is 1. The highest BCUT2D eigenvalue weighted by atomic mass is 35.5. The second kappa shape index (κ2) is 8.81. The summed E-state index contributed by atoms with van der Waals surface area (Å²) < 4.78 is 45.5. The van der Waals surface area contributed by atoms with Gasteiger partial charge in [0.1, 0.15) is 12.4 Å². The Labute approximate surface area is 127 Å². The van der Waals surface area contributed by atoms with Crippen molar-refractivity contribution in [1.82, 2.24) is 0 Å². The van der Waals surface area contributed by atoms with Crippen LogP contribution >= 0.6 is 11.6 Å². The molecular weight excluding hydrogens is 305 g/mol. The van der Waals surface area contributed by atoms with Crippen molar-refractivity contribution >= 4 is 11.6 Å².